The Labute approximate surface area is 108 Å². The van der Waals surface area contributed by atoms with Gasteiger partial charge >= 0.3 is 6.09 Å². The van der Waals surface area contributed by atoms with Gasteiger partial charge in [-0.1, -0.05) is 12.0 Å². The number of rotatable bonds is 0. The molecule has 1 amide bonds. The van der Waals surface area contributed by atoms with Crippen LogP contribution in [0.5, 0.6) is 0 Å². The van der Waals surface area contributed by atoms with Crippen molar-refractivity contribution < 1.29 is 9.53 Å². The summed E-state index contributed by atoms with van der Waals surface area (Å²) in [4.78, 5) is 13.6. The van der Waals surface area contributed by atoms with Crippen molar-refractivity contribution in [2.45, 2.75) is 39.5 Å². The van der Waals surface area contributed by atoms with Crippen molar-refractivity contribution in [3.05, 3.63) is 34.9 Å². The molecule has 1 heterocycles. The van der Waals surface area contributed by atoms with Crippen LogP contribution in [0.2, 0.25) is 0 Å². The van der Waals surface area contributed by atoms with E-state index >= 15 is 0 Å². The summed E-state index contributed by atoms with van der Waals surface area (Å²) in [5.74, 6) is 2.60. The van der Waals surface area contributed by atoms with Gasteiger partial charge < -0.3 is 4.74 Å². The lowest BCUT2D eigenvalue weighted by Crippen LogP contribution is -2.33. The molecule has 1 aromatic carbocycles. The smallest absolute Gasteiger partial charge is 0.410 e. The van der Waals surface area contributed by atoms with Gasteiger partial charge in [0, 0.05) is 18.7 Å². The molecule has 0 saturated heterocycles. The summed E-state index contributed by atoms with van der Waals surface area (Å²) in [5, 5.41) is 0. The van der Waals surface area contributed by atoms with E-state index in [1.165, 1.54) is 0 Å². The molecule has 3 heteroatoms. The lowest BCUT2D eigenvalue weighted by Gasteiger charge is -2.24. The molecule has 0 unspecified atom stereocenters. The Kier molecular flexibility index (Phi) is 3.04. The number of fused-ring (bicyclic) bond motifs is 1. The summed E-state index contributed by atoms with van der Waals surface area (Å²) < 4.78 is 5.36. The fraction of sp³-hybridized carbons (Fsp3) is 0.400. The van der Waals surface area contributed by atoms with Gasteiger partial charge in [-0.3, -0.25) is 4.90 Å². The monoisotopic (exact) mass is 243 g/mol. The van der Waals surface area contributed by atoms with Crippen LogP contribution < -0.4 is 0 Å². The normalized spacial score (nSPS) is 14.0. The number of terminal acetylenes is 1. The quantitative estimate of drug-likeness (QED) is 0.656. The molecule has 0 spiro atoms. The van der Waals surface area contributed by atoms with Gasteiger partial charge in [-0.05, 0) is 44.0 Å². The van der Waals surface area contributed by atoms with Crippen LogP contribution in [0.4, 0.5) is 4.79 Å². The van der Waals surface area contributed by atoms with Crippen molar-refractivity contribution in [2.24, 2.45) is 0 Å². The first-order chi connectivity index (χ1) is 8.39. The minimum atomic E-state index is -0.462. The van der Waals surface area contributed by atoms with Gasteiger partial charge in [0.25, 0.3) is 0 Å². The molecule has 2 rings (SSSR count). The molecule has 0 aromatic heterocycles. The van der Waals surface area contributed by atoms with Gasteiger partial charge in [0.15, 0.2) is 0 Å². The highest BCUT2D eigenvalue weighted by Crippen LogP contribution is 2.25. The fourth-order valence-electron chi connectivity index (χ4n) is 1.94. The molecule has 0 aliphatic carbocycles. The second-order valence-electron chi connectivity index (χ2n) is 5.46. The van der Waals surface area contributed by atoms with Crippen molar-refractivity contribution >= 4 is 6.09 Å². The molecular formula is C15H17NO2. The molecule has 0 atom stereocenters. The number of nitrogens with zero attached hydrogens (tertiary/aromatic N) is 1. The van der Waals surface area contributed by atoms with Crippen LogP contribution in [-0.2, 0) is 17.8 Å². The molecule has 1 aliphatic heterocycles. The Balaban J connectivity index is 2.11. The molecule has 0 fully saturated rings. The molecule has 0 radical (unpaired) electrons. The van der Waals surface area contributed by atoms with E-state index in [1.807, 2.05) is 39.0 Å². The maximum atomic E-state index is 11.9. The fourth-order valence-corrected chi connectivity index (χ4v) is 1.94. The van der Waals surface area contributed by atoms with Gasteiger partial charge in [0.2, 0.25) is 0 Å². The second-order valence-corrected chi connectivity index (χ2v) is 5.46. The van der Waals surface area contributed by atoms with Crippen molar-refractivity contribution in [3.63, 3.8) is 0 Å². The highest BCUT2D eigenvalue weighted by atomic mass is 16.6. The summed E-state index contributed by atoms with van der Waals surface area (Å²) in [6, 6.07) is 5.84. The number of amides is 1. The number of hydrogen-bond donors (Lipinski definition) is 0. The van der Waals surface area contributed by atoms with E-state index in [-0.39, 0.29) is 6.09 Å². The van der Waals surface area contributed by atoms with Gasteiger partial charge in [0.1, 0.15) is 5.60 Å². The number of ether oxygens (including phenoxy) is 1. The Morgan fingerprint density at radius 1 is 1.33 bits per heavy atom. The standard InChI is InChI=1S/C15H17NO2/c1-5-11-6-7-12-9-16(10-13(12)8-11)14(17)18-15(2,3)4/h1,6-8H,9-10H2,2-4H3. The average Bonchev–Trinajstić information content (AvgIpc) is 2.69. The van der Waals surface area contributed by atoms with Crippen LogP contribution in [0.3, 0.4) is 0 Å². The molecule has 3 nitrogen and oxygen atoms in total. The van der Waals surface area contributed by atoms with E-state index in [2.05, 4.69) is 5.92 Å². The highest BCUT2D eigenvalue weighted by molar-refractivity contribution is 5.69. The Morgan fingerprint density at radius 3 is 2.61 bits per heavy atom. The van der Waals surface area contributed by atoms with Crippen LogP contribution >= 0.6 is 0 Å². The first kappa shape index (κ1) is 12.5. The van der Waals surface area contributed by atoms with E-state index in [0.717, 1.165) is 16.7 Å². The van der Waals surface area contributed by atoms with E-state index < -0.39 is 5.60 Å². The molecule has 18 heavy (non-hydrogen) atoms. The summed E-state index contributed by atoms with van der Waals surface area (Å²) in [6.07, 6.45) is 5.09. The third-order valence-electron chi connectivity index (χ3n) is 2.75. The van der Waals surface area contributed by atoms with Crippen molar-refractivity contribution in [3.8, 4) is 12.3 Å². The van der Waals surface area contributed by atoms with Crippen LogP contribution in [-0.4, -0.2) is 16.6 Å². The first-order valence-corrected chi connectivity index (χ1v) is 5.95. The van der Waals surface area contributed by atoms with Gasteiger partial charge in [-0.15, -0.1) is 6.42 Å². The Bertz CT molecular complexity index is 520. The predicted octanol–water partition coefficient (Wildman–Crippen LogP) is 2.92. The maximum Gasteiger partial charge on any atom is 0.410 e. The SMILES string of the molecule is C#Cc1ccc2c(c1)CN(C(=O)OC(C)(C)C)C2. The third-order valence-corrected chi connectivity index (χ3v) is 2.75. The van der Waals surface area contributed by atoms with E-state index in [9.17, 15) is 4.79 Å². The van der Waals surface area contributed by atoms with Gasteiger partial charge in [0.05, 0.1) is 0 Å². The summed E-state index contributed by atoms with van der Waals surface area (Å²) in [7, 11) is 0. The molecule has 0 bridgehead atoms. The van der Waals surface area contributed by atoms with Gasteiger partial charge in [-0.2, -0.15) is 0 Å². The predicted molar refractivity (Wildman–Crippen MR) is 69.9 cm³/mol. The lowest BCUT2D eigenvalue weighted by molar-refractivity contribution is 0.0242. The van der Waals surface area contributed by atoms with E-state index in [1.54, 1.807) is 4.90 Å². The van der Waals surface area contributed by atoms with Crippen LogP contribution in [0.15, 0.2) is 18.2 Å². The van der Waals surface area contributed by atoms with Crippen LogP contribution in [0.1, 0.15) is 37.5 Å². The minimum absolute atomic E-state index is 0.277. The molecule has 1 aliphatic rings. The zero-order valence-corrected chi connectivity index (χ0v) is 11.0. The molecular weight excluding hydrogens is 226 g/mol. The van der Waals surface area contributed by atoms with Crippen molar-refractivity contribution in [1.29, 1.82) is 0 Å². The topological polar surface area (TPSA) is 29.5 Å². The minimum Gasteiger partial charge on any atom is -0.444 e. The van der Waals surface area contributed by atoms with Crippen molar-refractivity contribution in [1.82, 2.24) is 4.90 Å². The Morgan fingerprint density at radius 2 is 2.00 bits per heavy atom. The number of carbonyl (C=O) groups excluding carboxylic acids is 1. The Hall–Kier alpha value is -1.95. The second kappa shape index (κ2) is 4.38. The van der Waals surface area contributed by atoms with Gasteiger partial charge in [-0.25, -0.2) is 4.79 Å². The van der Waals surface area contributed by atoms with Crippen LogP contribution in [0.25, 0.3) is 0 Å². The van der Waals surface area contributed by atoms with E-state index in [0.29, 0.717) is 13.1 Å². The summed E-state index contributed by atoms with van der Waals surface area (Å²) in [6.45, 7) is 6.76. The summed E-state index contributed by atoms with van der Waals surface area (Å²) >= 11 is 0. The van der Waals surface area contributed by atoms with E-state index in [4.69, 9.17) is 11.2 Å². The number of carbonyl (C=O) groups is 1. The molecule has 1 aromatic rings. The molecule has 0 saturated carbocycles. The zero-order valence-electron chi connectivity index (χ0n) is 11.0. The average molecular weight is 243 g/mol. The number of benzene rings is 1. The number of hydrogen-bond acceptors (Lipinski definition) is 2. The summed E-state index contributed by atoms with van der Waals surface area (Å²) in [5.41, 5.74) is 2.63. The van der Waals surface area contributed by atoms with Crippen molar-refractivity contribution in [2.75, 3.05) is 0 Å². The molecule has 94 valence electrons. The third kappa shape index (κ3) is 2.65. The molecule has 0 N–H and O–H groups in total. The maximum absolute atomic E-state index is 11.9. The largest absolute Gasteiger partial charge is 0.444 e. The zero-order chi connectivity index (χ0) is 13.3. The highest BCUT2D eigenvalue weighted by Gasteiger charge is 2.27. The van der Waals surface area contributed by atoms with Crippen LogP contribution in [0, 0.1) is 12.3 Å². The first-order valence-electron chi connectivity index (χ1n) is 5.95. The lowest BCUT2D eigenvalue weighted by atomic mass is 10.1.